The number of nitrogens with one attached hydrogen (secondary N) is 1. The smallest absolute Gasteiger partial charge is 0.336 e. The van der Waals surface area contributed by atoms with Crippen molar-refractivity contribution in [2.45, 2.75) is 31.6 Å². The van der Waals surface area contributed by atoms with Gasteiger partial charge in [-0.25, -0.2) is 4.79 Å². The van der Waals surface area contributed by atoms with E-state index in [2.05, 4.69) is 17.4 Å². The highest BCUT2D eigenvalue weighted by Gasteiger charge is 2.41. The number of para-hydroxylation sites is 1. The highest BCUT2D eigenvalue weighted by Crippen LogP contribution is 2.47. The van der Waals surface area contributed by atoms with Crippen LogP contribution in [0.4, 0.5) is 0 Å². The van der Waals surface area contributed by atoms with Gasteiger partial charge < -0.3 is 24.3 Å². The number of ether oxygens (including phenoxy) is 4. The van der Waals surface area contributed by atoms with Crippen LogP contribution in [0.2, 0.25) is 0 Å². The van der Waals surface area contributed by atoms with E-state index in [1.54, 1.807) is 0 Å². The molecule has 3 aromatic carbocycles. The number of ketones is 1. The van der Waals surface area contributed by atoms with Gasteiger partial charge in [0.15, 0.2) is 17.3 Å². The fourth-order valence-corrected chi connectivity index (χ4v) is 5.58. The van der Waals surface area contributed by atoms with Crippen molar-refractivity contribution in [2.24, 2.45) is 0 Å². The van der Waals surface area contributed by atoms with Gasteiger partial charge >= 0.3 is 5.97 Å². The van der Waals surface area contributed by atoms with Crippen molar-refractivity contribution in [3.05, 3.63) is 113 Å². The normalized spacial score (nSPS) is 19.9. The lowest BCUT2D eigenvalue weighted by Crippen LogP contribution is -2.36. The van der Waals surface area contributed by atoms with Crippen molar-refractivity contribution >= 4 is 11.8 Å². The third kappa shape index (κ3) is 5.00. The first-order valence-corrected chi connectivity index (χ1v) is 13.1. The fourth-order valence-electron chi connectivity index (χ4n) is 5.58. The lowest BCUT2D eigenvalue weighted by atomic mass is 9.71. The lowest BCUT2D eigenvalue weighted by molar-refractivity contribution is -0.140. The molecule has 198 valence electrons. The van der Waals surface area contributed by atoms with Crippen LogP contribution in [0.5, 0.6) is 17.2 Å². The zero-order chi connectivity index (χ0) is 26.8. The first-order valence-electron chi connectivity index (χ1n) is 13.1. The Morgan fingerprint density at radius 3 is 2.44 bits per heavy atom. The summed E-state index contributed by atoms with van der Waals surface area (Å²) in [7, 11) is 0. The lowest BCUT2D eigenvalue weighted by Gasteiger charge is -2.36. The second kappa shape index (κ2) is 10.7. The van der Waals surface area contributed by atoms with Gasteiger partial charge in [0.1, 0.15) is 19.0 Å². The highest BCUT2D eigenvalue weighted by atomic mass is 16.7. The number of benzene rings is 3. The quantitative estimate of drug-likeness (QED) is 0.328. The largest absolute Gasteiger partial charge is 0.490 e. The predicted molar refractivity (Wildman–Crippen MR) is 144 cm³/mol. The minimum Gasteiger partial charge on any atom is -0.490 e. The monoisotopic (exact) mass is 523 g/mol. The molecule has 7 nitrogen and oxygen atoms in total. The fraction of sp³-hybridized carbons (Fsp3) is 0.250. The van der Waals surface area contributed by atoms with Gasteiger partial charge in [-0.1, -0.05) is 54.6 Å². The number of hydrogen-bond donors (Lipinski definition) is 1. The van der Waals surface area contributed by atoms with Gasteiger partial charge in [0.25, 0.3) is 0 Å². The average Bonchev–Trinajstić information content (AvgIpc) is 3.43. The summed E-state index contributed by atoms with van der Waals surface area (Å²) in [6.45, 7) is 2.30. The van der Waals surface area contributed by atoms with Crippen LogP contribution in [0.3, 0.4) is 0 Å². The first-order chi connectivity index (χ1) is 19.1. The van der Waals surface area contributed by atoms with Gasteiger partial charge in [-0.05, 0) is 54.7 Å². The number of rotatable bonds is 7. The Morgan fingerprint density at radius 2 is 1.64 bits per heavy atom. The second-order valence-corrected chi connectivity index (χ2v) is 9.84. The number of carbonyl (C=O) groups excluding carboxylic acids is 2. The van der Waals surface area contributed by atoms with Gasteiger partial charge in [-0.2, -0.15) is 0 Å². The molecule has 1 aliphatic carbocycles. The van der Waals surface area contributed by atoms with E-state index >= 15 is 0 Å². The maximum Gasteiger partial charge on any atom is 0.336 e. The van der Waals surface area contributed by atoms with E-state index < -0.39 is 11.9 Å². The van der Waals surface area contributed by atoms with Gasteiger partial charge in [-0.15, -0.1) is 0 Å². The summed E-state index contributed by atoms with van der Waals surface area (Å²) < 4.78 is 22.5. The Labute approximate surface area is 227 Å². The summed E-state index contributed by atoms with van der Waals surface area (Å²) in [4.78, 5) is 27.3. The standard InChI is InChI=1S/C32H29NO6/c1-20-29(32(35)37-15-14-36-24-10-6-3-7-11-24)30(22-12-13-27-28(18-22)39-19-38-27)31-25(33-20)16-23(17-26(31)34)21-8-4-2-5-9-21/h2-13,18,23,30,33H,14-17,19H2,1H3/t23-,30-/m0/s1. The van der Waals surface area contributed by atoms with Crippen molar-refractivity contribution < 1.29 is 28.5 Å². The molecule has 39 heavy (non-hydrogen) atoms. The molecule has 1 N–H and O–H groups in total. The number of hydrogen-bond acceptors (Lipinski definition) is 7. The molecule has 0 fully saturated rings. The molecule has 2 heterocycles. The molecule has 0 aromatic heterocycles. The molecular weight excluding hydrogens is 494 g/mol. The molecule has 2 aliphatic heterocycles. The minimum atomic E-state index is -0.581. The van der Waals surface area contributed by atoms with Crippen LogP contribution < -0.4 is 19.5 Å². The van der Waals surface area contributed by atoms with Crippen molar-refractivity contribution in [3.63, 3.8) is 0 Å². The number of Topliss-reactive ketones (excluding diaryl/α,β-unsaturated/α-hetero) is 1. The SMILES string of the molecule is CC1=C(C(=O)OCCOc2ccccc2)[C@H](c2ccc3c(c2)OCO3)C2=C(C[C@H](c3ccccc3)CC2=O)N1. The predicted octanol–water partition coefficient (Wildman–Crippen LogP) is 5.40. The van der Waals surface area contributed by atoms with E-state index in [1.165, 1.54) is 0 Å². The van der Waals surface area contributed by atoms with Crippen LogP contribution in [0.15, 0.2) is 101 Å². The summed E-state index contributed by atoms with van der Waals surface area (Å²) in [6.07, 6.45) is 1.05. The number of dihydropyridines is 1. The van der Waals surface area contributed by atoms with Gasteiger partial charge in [0, 0.05) is 29.3 Å². The van der Waals surface area contributed by atoms with E-state index in [4.69, 9.17) is 18.9 Å². The van der Waals surface area contributed by atoms with E-state index in [-0.39, 0.29) is 31.7 Å². The van der Waals surface area contributed by atoms with Crippen LogP contribution in [0.25, 0.3) is 0 Å². The number of carbonyl (C=O) groups is 2. The molecule has 0 amide bonds. The molecule has 0 bridgehead atoms. The number of esters is 1. The molecule has 0 spiro atoms. The van der Waals surface area contributed by atoms with E-state index in [0.717, 1.165) is 16.8 Å². The minimum absolute atomic E-state index is 0.0190. The number of allylic oxidation sites excluding steroid dienone is 3. The second-order valence-electron chi connectivity index (χ2n) is 9.84. The molecule has 3 aliphatic rings. The van der Waals surface area contributed by atoms with Crippen molar-refractivity contribution in [2.75, 3.05) is 20.0 Å². The Balaban J connectivity index is 1.30. The molecular formula is C32H29NO6. The zero-order valence-corrected chi connectivity index (χ0v) is 21.6. The Hall–Kier alpha value is -4.52. The Kier molecular flexibility index (Phi) is 6.80. The van der Waals surface area contributed by atoms with Crippen LogP contribution in [0.1, 0.15) is 42.7 Å². The summed E-state index contributed by atoms with van der Waals surface area (Å²) in [6, 6.07) is 25.0. The Bertz CT molecular complexity index is 1460. The van der Waals surface area contributed by atoms with Crippen LogP contribution in [-0.2, 0) is 14.3 Å². The molecule has 6 rings (SSSR count). The molecule has 7 heteroatoms. The van der Waals surface area contributed by atoms with Crippen LogP contribution >= 0.6 is 0 Å². The van der Waals surface area contributed by atoms with Gasteiger partial charge in [-0.3, -0.25) is 4.79 Å². The topological polar surface area (TPSA) is 83.1 Å². The van der Waals surface area contributed by atoms with Crippen molar-refractivity contribution in [1.82, 2.24) is 5.32 Å². The molecule has 3 aromatic rings. The first kappa shape index (κ1) is 24.8. The third-order valence-electron chi connectivity index (χ3n) is 7.38. The molecule has 0 saturated carbocycles. The van der Waals surface area contributed by atoms with Crippen molar-refractivity contribution in [1.29, 1.82) is 0 Å². The van der Waals surface area contributed by atoms with Gasteiger partial charge in [0.2, 0.25) is 6.79 Å². The average molecular weight is 524 g/mol. The van der Waals surface area contributed by atoms with E-state index in [0.29, 0.717) is 46.9 Å². The third-order valence-corrected chi connectivity index (χ3v) is 7.38. The molecule has 0 saturated heterocycles. The maximum absolute atomic E-state index is 13.8. The summed E-state index contributed by atoms with van der Waals surface area (Å²) in [5, 5.41) is 3.40. The maximum atomic E-state index is 13.8. The highest BCUT2D eigenvalue weighted by molar-refractivity contribution is 6.04. The van der Waals surface area contributed by atoms with Crippen LogP contribution in [-0.4, -0.2) is 31.8 Å². The van der Waals surface area contributed by atoms with E-state index in [9.17, 15) is 9.59 Å². The molecule has 0 radical (unpaired) electrons. The van der Waals surface area contributed by atoms with E-state index in [1.807, 2.05) is 73.7 Å². The van der Waals surface area contributed by atoms with Crippen LogP contribution in [0, 0.1) is 0 Å². The molecule has 2 atom stereocenters. The Morgan fingerprint density at radius 1 is 0.897 bits per heavy atom. The summed E-state index contributed by atoms with van der Waals surface area (Å²) in [5.41, 5.74) is 4.46. The molecule has 0 unspecified atom stereocenters. The summed E-state index contributed by atoms with van der Waals surface area (Å²) in [5.74, 6) is 0.969. The summed E-state index contributed by atoms with van der Waals surface area (Å²) >= 11 is 0. The van der Waals surface area contributed by atoms with Gasteiger partial charge in [0.05, 0.1) is 5.57 Å². The number of fused-ring (bicyclic) bond motifs is 1. The zero-order valence-electron chi connectivity index (χ0n) is 21.6. The van der Waals surface area contributed by atoms with Crippen molar-refractivity contribution in [3.8, 4) is 17.2 Å².